The van der Waals surface area contributed by atoms with Gasteiger partial charge in [-0.15, -0.1) is 0 Å². The molecule has 0 aliphatic carbocycles. The van der Waals surface area contributed by atoms with Crippen molar-refractivity contribution in [3.8, 4) is 17.2 Å². The van der Waals surface area contributed by atoms with Crippen LogP contribution in [0.25, 0.3) is 0 Å². The minimum atomic E-state index is -0.518. The van der Waals surface area contributed by atoms with Crippen LogP contribution in [0.3, 0.4) is 0 Å². The first-order chi connectivity index (χ1) is 12.4. The van der Waals surface area contributed by atoms with Crippen LogP contribution in [0.15, 0.2) is 42.5 Å². The van der Waals surface area contributed by atoms with E-state index < -0.39 is 5.91 Å². The third-order valence-corrected chi connectivity index (χ3v) is 3.79. The highest BCUT2D eigenvalue weighted by Gasteiger charge is 2.15. The van der Waals surface area contributed by atoms with Crippen molar-refractivity contribution < 1.29 is 23.8 Å². The normalized spacial score (nSPS) is 11.3. The van der Waals surface area contributed by atoms with E-state index in [4.69, 9.17) is 19.9 Å². The second-order valence-electron chi connectivity index (χ2n) is 5.57. The Morgan fingerprint density at radius 1 is 1.04 bits per heavy atom. The molecule has 0 saturated heterocycles. The molecule has 0 aliphatic rings. The number of nitrogens with one attached hydrogen (secondary N) is 1. The van der Waals surface area contributed by atoms with Gasteiger partial charge in [-0.3, -0.25) is 9.59 Å². The number of carbonyl (C=O) groups excluding carboxylic acids is 2. The quantitative estimate of drug-likeness (QED) is 0.752. The third-order valence-electron chi connectivity index (χ3n) is 3.79. The predicted molar refractivity (Wildman–Crippen MR) is 96.6 cm³/mol. The lowest BCUT2D eigenvalue weighted by Crippen LogP contribution is -2.31. The maximum Gasteiger partial charge on any atom is 0.258 e. The van der Waals surface area contributed by atoms with Crippen molar-refractivity contribution in [3.63, 3.8) is 0 Å². The molecule has 0 heterocycles. The zero-order chi connectivity index (χ0) is 19.1. The highest BCUT2D eigenvalue weighted by Crippen LogP contribution is 2.29. The molecule has 7 nitrogen and oxygen atoms in total. The minimum absolute atomic E-state index is 0.160. The molecule has 0 spiro atoms. The number of ether oxygens (including phenoxy) is 3. The first kappa shape index (κ1) is 19.1. The van der Waals surface area contributed by atoms with E-state index in [0.29, 0.717) is 22.8 Å². The number of rotatable bonds is 8. The number of carbonyl (C=O) groups is 2. The summed E-state index contributed by atoms with van der Waals surface area (Å²) in [5.74, 6) is 0.989. The molecule has 2 amide bonds. The summed E-state index contributed by atoms with van der Waals surface area (Å²) in [7, 11) is 3.14. The Balaban J connectivity index is 1.95. The van der Waals surface area contributed by atoms with Crippen LogP contribution >= 0.6 is 0 Å². The number of amides is 2. The molecule has 3 N–H and O–H groups in total. The molecule has 2 rings (SSSR count). The van der Waals surface area contributed by atoms with Crippen molar-refractivity contribution in [3.05, 3.63) is 53.6 Å². The fourth-order valence-electron chi connectivity index (χ4n) is 2.40. The van der Waals surface area contributed by atoms with E-state index in [2.05, 4.69) is 5.32 Å². The van der Waals surface area contributed by atoms with Gasteiger partial charge in [-0.25, -0.2) is 0 Å². The standard InChI is InChI=1S/C19H22N2O5/c1-12(16-10-15(24-2)8-9-17(16)25-3)21-18(22)11-26-14-6-4-13(5-7-14)19(20)23/h4-10,12H,11H2,1-3H3,(H2,20,23)(H,21,22)/t12-/m0/s1. The van der Waals surface area contributed by atoms with Crippen molar-refractivity contribution in [2.75, 3.05) is 20.8 Å². The Labute approximate surface area is 152 Å². The molecule has 1 atom stereocenters. The number of benzene rings is 2. The number of nitrogens with two attached hydrogens (primary N) is 1. The lowest BCUT2D eigenvalue weighted by Gasteiger charge is -2.18. The second-order valence-corrected chi connectivity index (χ2v) is 5.57. The molecule has 2 aromatic carbocycles. The summed E-state index contributed by atoms with van der Waals surface area (Å²) >= 11 is 0. The van der Waals surface area contributed by atoms with E-state index in [1.807, 2.05) is 13.0 Å². The third kappa shape index (κ3) is 4.89. The first-order valence-electron chi connectivity index (χ1n) is 7.98. The summed E-state index contributed by atoms with van der Waals surface area (Å²) in [5, 5.41) is 2.85. The summed E-state index contributed by atoms with van der Waals surface area (Å²) in [6, 6.07) is 11.3. The van der Waals surface area contributed by atoms with Gasteiger partial charge in [0.05, 0.1) is 20.3 Å². The summed E-state index contributed by atoms with van der Waals surface area (Å²) in [6.45, 7) is 1.68. The van der Waals surface area contributed by atoms with Gasteiger partial charge in [-0.1, -0.05) is 0 Å². The highest BCUT2D eigenvalue weighted by molar-refractivity contribution is 5.92. The highest BCUT2D eigenvalue weighted by atomic mass is 16.5. The van der Waals surface area contributed by atoms with Gasteiger partial charge < -0.3 is 25.3 Å². The minimum Gasteiger partial charge on any atom is -0.497 e. The van der Waals surface area contributed by atoms with E-state index in [9.17, 15) is 9.59 Å². The molecule has 138 valence electrons. The molecule has 0 unspecified atom stereocenters. The van der Waals surface area contributed by atoms with Gasteiger partial charge >= 0.3 is 0 Å². The lowest BCUT2D eigenvalue weighted by molar-refractivity contribution is -0.123. The van der Waals surface area contributed by atoms with E-state index in [-0.39, 0.29) is 18.6 Å². The van der Waals surface area contributed by atoms with Gasteiger partial charge in [0.2, 0.25) is 5.91 Å². The van der Waals surface area contributed by atoms with Crippen LogP contribution in [-0.2, 0) is 4.79 Å². The number of primary amides is 1. The van der Waals surface area contributed by atoms with Crippen molar-refractivity contribution in [2.24, 2.45) is 5.73 Å². The van der Waals surface area contributed by atoms with Crippen molar-refractivity contribution in [2.45, 2.75) is 13.0 Å². The van der Waals surface area contributed by atoms with E-state index in [0.717, 1.165) is 5.56 Å². The first-order valence-corrected chi connectivity index (χ1v) is 7.98. The van der Waals surface area contributed by atoms with Gasteiger partial charge in [0.1, 0.15) is 17.2 Å². The molecule has 0 aromatic heterocycles. The average Bonchev–Trinajstić information content (AvgIpc) is 2.66. The number of methoxy groups -OCH3 is 2. The molecule has 0 bridgehead atoms. The van der Waals surface area contributed by atoms with Crippen LogP contribution < -0.4 is 25.3 Å². The SMILES string of the molecule is COc1ccc(OC)c([C@H](C)NC(=O)COc2ccc(C(N)=O)cc2)c1. The Kier molecular flexibility index (Phi) is 6.43. The van der Waals surface area contributed by atoms with E-state index >= 15 is 0 Å². The summed E-state index contributed by atoms with van der Waals surface area (Å²) in [4.78, 5) is 23.2. The zero-order valence-electron chi connectivity index (χ0n) is 14.9. The average molecular weight is 358 g/mol. The Bertz CT molecular complexity index is 774. The molecule has 2 aromatic rings. The van der Waals surface area contributed by atoms with Gasteiger partial charge in [0, 0.05) is 11.1 Å². The van der Waals surface area contributed by atoms with E-state index in [1.165, 1.54) is 0 Å². The Morgan fingerprint density at radius 2 is 1.69 bits per heavy atom. The van der Waals surface area contributed by atoms with E-state index in [1.54, 1.807) is 50.6 Å². The number of hydrogen-bond donors (Lipinski definition) is 2. The van der Waals surface area contributed by atoms with Gasteiger partial charge in [0.25, 0.3) is 5.91 Å². The van der Waals surface area contributed by atoms with Gasteiger partial charge in [0.15, 0.2) is 6.61 Å². The fourth-order valence-corrected chi connectivity index (χ4v) is 2.40. The molecule has 0 fully saturated rings. The van der Waals surface area contributed by atoms with Crippen molar-refractivity contribution in [1.82, 2.24) is 5.32 Å². The van der Waals surface area contributed by atoms with Crippen molar-refractivity contribution in [1.29, 1.82) is 0 Å². The van der Waals surface area contributed by atoms with Crippen LogP contribution in [0.5, 0.6) is 17.2 Å². The maximum absolute atomic E-state index is 12.1. The van der Waals surface area contributed by atoms with Crippen LogP contribution in [0, 0.1) is 0 Å². The second kappa shape index (κ2) is 8.75. The molecule has 0 radical (unpaired) electrons. The fraction of sp³-hybridized carbons (Fsp3) is 0.263. The zero-order valence-corrected chi connectivity index (χ0v) is 14.9. The van der Waals surface area contributed by atoms with Crippen LogP contribution in [0.4, 0.5) is 0 Å². The maximum atomic E-state index is 12.1. The topological polar surface area (TPSA) is 99.9 Å². The van der Waals surface area contributed by atoms with Gasteiger partial charge in [-0.05, 0) is 49.4 Å². The lowest BCUT2D eigenvalue weighted by atomic mass is 10.1. The molecule has 26 heavy (non-hydrogen) atoms. The molecule has 0 aliphatic heterocycles. The smallest absolute Gasteiger partial charge is 0.258 e. The number of hydrogen-bond acceptors (Lipinski definition) is 5. The summed E-state index contributed by atoms with van der Waals surface area (Å²) in [5.41, 5.74) is 6.35. The Hall–Kier alpha value is -3.22. The summed E-state index contributed by atoms with van der Waals surface area (Å²) in [6.07, 6.45) is 0. The summed E-state index contributed by atoms with van der Waals surface area (Å²) < 4.78 is 16.0. The van der Waals surface area contributed by atoms with Crippen LogP contribution in [0.2, 0.25) is 0 Å². The molecule has 7 heteroatoms. The largest absolute Gasteiger partial charge is 0.497 e. The monoisotopic (exact) mass is 358 g/mol. The van der Waals surface area contributed by atoms with Crippen molar-refractivity contribution >= 4 is 11.8 Å². The van der Waals surface area contributed by atoms with Crippen LogP contribution in [-0.4, -0.2) is 32.6 Å². The molecule has 0 saturated carbocycles. The molecular formula is C19H22N2O5. The molecular weight excluding hydrogens is 336 g/mol. The Morgan fingerprint density at radius 3 is 2.27 bits per heavy atom. The predicted octanol–water partition coefficient (Wildman–Crippen LogP) is 2.06. The van der Waals surface area contributed by atoms with Gasteiger partial charge in [-0.2, -0.15) is 0 Å². The van der Waals surface area contributed by atoms with Crippen LogP contribution in [0.1, 0.15) is 28.9 Å².